The lowest BCUT2D eigenvalue weighted by atomic mass is 10.0. The quantitative estimate of drug-likeness (QED) is 0.603. The van der Waals surface area contributed by atoms with Crippen molar-refractivity contribution in [3.63, 3.8) is 0 Å². The number of hydrogen-bond donors (Lipinski definition) is 1. The van der Waals surface area contributed by atoms with Crippen molar-refractivity contribution >= 4 is 0 Å². The SMILES string of the molecule is CCCOCCC1(CNC2CC2)CC1. The van der Waals surface area contributed by atoms with E-state index in [0.29, 0.717) is 5.41 Å². The standard InChI is InChI=1S/C12H23NO/c1-2-8-14-9-7-12(5-6-12)10-13-11-3-4-11/h11,13H,2-10H2,1H3. The molecule has 2 nitrogen and oxygen atoms in total. The molecule has 0 aliphatic heterocycles. The lowest BCUT2D eigenvalue weighted by molar-refractivity contribution is 0.116. The van der Waals surface area contributed by atoms with Crippen LogP contribution in [0.5, 0.6) is 0 Å². The molecule has 0 aromatic carbocycles. The zero-order valence-corrected chi connectivity index (χ0v) is 9.35. The van der Waals surface area contributed by atoms with Gasteiger partial charge in [-0.05, 0) is 43.9 Å². The molecule has 2 aliphatic carbocycles. The molecule has 0 unspecified atom stereocenters. The first kappa shape index (κ1) is 10.4. The van der Waals surface area contributed by atoms with Gasteiger partial charge in [-0.2, -0.15) is 0 Å². The van der Waals surface area contributed by atoms with Gasteiger partial charge in [-0.15, -0.1) is 0 Å². The highest BCUT2D eigenvalue weighted by Crippen LogP contribution is 2.48. The Morgan fingerprint density at radius 1 is 1.29 bits per heavy atom. The molecule has 1 N–H and O–H groups in total. The van der Waals surface area contributed by atoms with Crippen LogP contribution in [0.2, 0.25) is 0 Å². The second kappa shape index (κ2) is 4.63. The van der Waals surface area contributed by atoms with E-state index in [2.05, 4.69) is 12.2 Å². The van der Waals surface area contributed by atoms with E-state index in [1.807, 2.05) is 0 Å². The Hall–Kier alpha value is -0.0800. The fourth-order valence-corrected chi connectivity index (χ4v) is 1.88. The summed E-state index contributed by atoms with van der Waals surface area (Å²) in [6.45, 7) is 5.32. The van der Waals surface area contributed by atoms with Crippen molar-refractivity contribution in [2.75, 3.05) is 19.8 Å². The molecule has 82 valence electrons. The van der Waals surface area contributed by atoms with Gasteiger partial charge in [-0.1, -0.05) is 6.92 Å². The van der Waals surface area contributed by atoms with Crippen LogP contribution in [0, 0.1) is 5.41 Å². The van der Waals surface area contributed by atoms with Gasteiger partial charge in [0.15, 0.2) is 0 Å². The minimum absolute atomic E-state index is 0.635. The molecule has 2 saturated carbocycles. The molecule has 0 aromatic rings. The van der Waals surface area contributed by atoms with Crippen LogP contribution in [-0.2, 0) is 4.74 Å². The Bertz CT molecular complexity index is 173. The summed E-state index contributed by atoms with van der Waals surface area (Å²) in [5.41, 5.74) is 0.635. The van der Waals surface area contributed by atoms with Crippen molar-refractivity contribution in [2.45, 2.75) is 51.5 Å². The maximum Gasteiger partial charge on any atom is 0.0471 e. The van der Waals surface area contributed by atoms with Gasteiger partial charge in [0.05, 0.1) is 0 Å². The van der Waals surface area contributed by atoms with Gasteiger partial charge in [-0.3, -0.25) is 0 Å². The summed E-state index contributed by atoms with van der Waals surface area (Å²) in [5, 5.41) is 3.64. The van der Waals surface area contributed by atoms with E-state index in [1.54, 1.807) is 0 Å². The molecule has 0 aromatic heterocycles. The molecule has 0 amide bonds. The van der Waals surface area contributed by atoms with Crippen LogP contribution in [0.4, 0.5) is 0 Å². The molecule has 0 heterocycles. The van der Waals surface area contributed by atoms with Crippen molar-refractivity contribution in [3.05, 3.63) is 0 Å². The van der Waals surface area contributed by atoms with Crippen molar-refractivity contribution in [1.29, 1.82) is 0 Å². The minimum Gasteiger partial charge on any atom is -0.381 e. The maximum absolute atomic E-state index is 5.55. The predicted molar refractivity (Wildman–Crippen MR) is 58.4 cm³/mol. The van der Waals surface area contributed by atoms with Crippen LogP contribution >= 0.6 is 0 Å². The summed E-state index contributed by atoms with van der Waals surface area (Å²) in [6, 6.07) is 0.865. The third-order valence-electron chi connectivity index (χ3n) is 3.43. The second-order valence-corrected chi connectivity index (χ2v) is 5.02. The Balaban J connectivity index is 1.53. The van der Waals surface area contributed by atoms with Crippen LogP contribution in [0.25, 0.3) is 0 Å². The average Bonchev–Trinajstić information content (AvgIpc) is 3.04. The topological polar surface area (TPSA) is 21.3 Å². The summed E-state index contributed by atoms with van der Waals surface area (Å²) in [6.07, 6.45) is 8.06. The van der Waals surface area contributed by atoms with E-state index in [1.165, 1.54) is 38.6 Å². The van der Waals surface area contributed by atoms with Crippen molar-refractivity contribution in [3.8, 4) is 0 Å². The first-order chi connectivity index (χ1) is 6.85. The Kier molecular flexibility index (Phi) is 3.45. The number of ether oxygens (including phenoxy) is 1. The monoisotopic (exact) mass is 197 g/mol. The molecule has 2 aliphatic rings. The second-order valence-electron chi connectivity index (χ2n) is 5.02. The van der Waals surface area contributed by atoms with Gasteiger partial charge in [0, 0.05) is 25.8 Å². The van der Waals surface area contributed by atoms with Crippen molar-refractivity contribution in [2.24, 2.45) is 5.41 Å². The van der Waals surface area contributed by atoms with E-state index in [4.69, 9.17) is 4.74 Å². The van der Waals surface area contributed by atoms with Crippen LogP contribution in [-0.4, -0.2) is 25.8 Å². The van der Waals surface area contributed by atoms with Gasteiger partial charge in [0.1, 0.15) is 0 Å². The first-order valence-corrected chi connectivity index (χ1v) is 6.16. The normalized spacial score (nSPS) is 23.8. The maximum atomic E-state index is 5.55. The van der Waals surface area contributed by atoms with E-state index < -0.39 is 0 Å². The Morgan fingerprint density at radius 3 is 2.64 bits per heavy atom. The Morgan fingerprint density at radius 2 is 2.07 bits per heavy atom. The highest BCUT2D eigenvalue weighted by Gasteiger charge is 2.42. The van der Waals surface area contributed by atoms with Crippen molar-refractivity contribution in [1.82, 2.24) is 5.32 Å². The average molecular weight is 197 g/mol. The smallest absolute Gasteiger partial charge is 0.0471 e. The first-order valence-electron chi connectivity index (χ1n) is 6.16. The molecule has 0 saturated heterocycles. The van der Waals surface area contributed by atoms with Gasteiger partial charge in [0.2, 0.25) is 0 Å². The fraction of sp³-hybridized carbons (Fsp3) is 1.00. The highest BCUT2D eigenvalue weighted by molar-refractivity contribution is 4.96. The van der Waals surface area contributed by atoms with Gasteiger partial charge >= 0.3 is 0 Å². The number of rotatable bonds is 8. The Labute approximate surface area is 87.4 Å². The predicted octanol–water partition coefficient (Wildman–Crippen LogP) is 2.34. The van der Waals surface area contributed by atoms with Gasteiger partial charge in [0.25, 0.3) is 0 Å². The van der Waals surface area contributed by atoms with Crippen LogP contribution in [0.1, 0.15) is 45.4 Å². The third-order valence-corrected chi connectivity index (χ3v) is 3.43. The van der Waals surface area contributed by atoms with E-state index >= 15 is 0 Å². The van der Waals surface area contributed by atoms with Crippen LogP contribution in [0.15, 0.2) is 0 Å². The molecule has 0 radical (unpaired) electrons. The lowest BCUT2D eigenvalue weighted by Crippen LogP contribution is -2.26. The molecule has 0 bridgehead atoms. The van der Waals surface area contributed by atoms with E-state index in [-0.39, 0.29) is 0 Å². The molecular formula is C12H23NO. The molecular weight excluding hydrogens is 174 g/mol. The van der Waals surface area contributed by atoms with E-state index in [0.717, 1.165) is 25.7 Å². The number of hydrogen-bond acceptors (Lipinski definition) is 2. The third kappa shape index (κ3) is 3.25. The summed E-state index contributed by atoms with van der Waals surface area (Å²) < 4.78 is 5.55. The van der Waals surface area contributed by atoms with Crippen LogP contribution < -0.4 is 5.32 Å². The molecule has 2 heteroatoms. The zero-order chi connectivity index (χ0) is 9.86. The molecule has 2 rings (SSSR count). The lowest BCUT2D eigenvalue weighted by Gasteiger charge is -2.15. The van der Waals surface area contributed by atoms with Crippen LogP contribution in [0.3, 0.4) is 0 Å². The van der Waals surface area contributed by atoms with Crippen molar-refractivity contribution < 1.29 is 4.74 Å². The molecule has 0 spiro atoms. The fourth-order valence-electron chi connectivity index (χ4n) is 1.88. The summed E-state index contributed by atoms with van der Waals surface area (Å²) in [4.78, 5) is 0. The summed E-state index contributed by atoms with van der Waals surface area (Å²) >= 11 is 0. The van der Waals surface area contributed by atoms with Gasteiger partial charge < -0.3 is 10.1 Å². The molecule has 14 heavy (non-hydrogen) atoms. The zero-order valence-electron chi connectivity index (χ0n) is 9.35. The highest BCUT2D eigenvalue weighted by atomic mass is 16.5. The van der Waals surface area contributed by atoms with Gasteiger partial charge in [-0.25, -0.2) is 0 Å². The molecule has 0 atom stereocenters. The molecule has 2 fully saturated rings. The minimum atomic E-state index is 0.635. The summed E-state index contributed by atoms with van der Waals surface area (Å²) in [7, 11) is 0. The van der Waals surface area contributed by atoms with E-state index in [9.17, 15) is 0 Å². The summed E-state index contributed by atoms with van der Waals surface area (Å²) in [5.74, 6) is 0. The largest absolute Gasteiger partial charge is 0.381 e. The number of nitrogens with one attached hydrogen (secondary N) is 1.